The lowest BCUT2D eigenvalue weighted by Crippen LogP contribution is -2.36. The first kappa shape index (κ1) is 20.9. The van der Waals surface area contributed by atoms with Crippen LogP contribution in [0.15, 0.2) is 47.5 Å². The molecule has 1 saturated heterocycles. The van der Waals surface area contributed by atoms with Crippen LogP contribution in [0.2, 0.25) is 0 Å². The minimum atomic E-state index is -2.69. The molecule has 0 unspecified atom stereocenters. The van der Waals surface area contributed by atoms with Gasteiger partial charge >= 0.3 is 0 Å². The van der Waals surface area contributed by atoms with Crippen molar-refractivity contribution in [3.05, 3.63) is 59.3 Å². The summed E-state index contributed by atoms with van der Waals surface area (Å²) in [6.07, 6.45) is 5.74. The Labute approximate surface area is 179 Å². The lowest BCUT2D eigenvalue weighted by molar-refractivity contribution is 0.110. The summed E-state index contributed by atoms with van der Waals surface area (Å²) in [7, 11) is -0.943. The van der Waals surface area contributed by atoms with Gasteiger partial charge in [0.25, 0.3) is 0 Å². The molecule has 3 atom stereocenters. The number of hydrogen-bond acceptors (Lipinski definition) is 4. The Hall–Kier alpha value is -2.31. The van der Waals surface area contributed by atoms with Crippen LogP contribution < -0.4 is 4.74 Å². The maximum Gasteiger partial charge on any atom is 0.124 e. The van der Waals surface area contributed by atoms with Crippen molar-refractivity contribution in [3.63, 3.8) is 0 Å². The van der Waals surface area contributed by atoms with Crippen molar-refractivity contribution in [1.82, 2.24) is 9.88 Å². The van der Waals surface area contributed by atoms with E-state index in [4.69, 9.17) is 9.52 Å². The van der Waals surface area contributed by atoms with Crippen molar-refractivity contribution in [3.8, 4) is 5.75 Å². The fourth-order valence-electron chi connectivity index (χ4n) is 4.66. The lowest BCUT2D eigenvalue weighted by Gasteiger charge is -2.39. The third kappa shape index (κ3) is 3.98. The number of hydrogen-bond donors (Lipinski definition) is 2. The van der Waals surface area contributed by atoms with E-state index >= 15 is 0 Å². The summed E-state index contributed by atoms with van der Waals surface area (Å²) in [5, 5.41) is 1.22. The molecular formula is C24H31N3O2S. The molecule has 5 nitrogen and oxygen atoms in total. The number of likely N-dealkylation sites (tertiary alicyclic amines) is 1. The van der Waals surface area contributed by atoms with Gasteiger partial charge in [0.15, 0.2) is 0 Å². The maximum absolute atomic E-state index is 12.1. The molecule has 2 N–H and O–H groups in total. The minimum Gasteiger partial charge on any atom is -0.496 e. The average molecular weight is 426 g/mol. The molecule has 0 amide bonds. The molecule has 1 aliphatic heterocycles. The van der Waals surface area contributed by atoms with Crippen LogP contribution in [-0.4, -0.2) is 34.0 Å². The second kappa shape index (κ2) is 8.08. The molecular weight excluding hydrogens is 394 g/mol. The van der Waals surface area contributed by atoms with Gasteiger partial charge in [0.1, 0.15) is 5.75 Å². The molecule has 0 saturated carbocycles. The standard InChI is InChI=1S/C24H31N3O2S/c1-16-10-12-27(22(13-16)18-5-7-19(8-6-18)30(4,25)28)15-21-20-9-11-26-24(20)17(2)14-23(21)29-3/h5-9,11,14,16,22,25-26H,10,12-13,15H2,1-4H3/t16-,22+,30+/m1/s1. The number of aromatic nitrogens is 1. The van der Waals surface area contributed by atoms with E-state index in [0.29, 0.717) is 16.9 Å². The third-order valence-electron chi connectivity index (χ3n) is 6.38. The number of methoxy groups -OCH3 is 1. The highest BCUT2D eigenvalue weighted by Crippen LogP contribution is 2.38. The normalized spacial score (nSPS) is 22.1. The van der Waals surface area contributed by atoms with Gasteiger partial charge in [0.2, 0.25) is 0 Å². The van der Waals surface area contributed by atoms with Gasteiger partial charge in [-0.1, -0.05) is 19.1 Å². The molecule has 0 radical (unpaired) electrons. The van der Waals surface area contributed by atoms with Gasteiger partial charge in [-0.05, 0) is 67.6 Å². The Balaban J connectivity index is 1.70. The maximum atomic E-state index is 12.1. The van der Waals surface area contributed by atoms with Gasteiger partial charge in [-0.3, -0.25) is 4.90 Å². The van der Waals surface area contributed by atoms with E-state index in [9.17, 15) is 4.21 Å². The molecule has 0 bridgehead atoms. The average Bonchev–Trinajstić information content (AvgIpc) is 3.21. The first-order valence-electron chi connectivity index (χ1n) is 10.5. The fourth-order valence-corrected chi connectivity index (χ4v) is 5.32. The van der Waals surface area contributed by atoms with Crippen LogP contribution in [0, 0.1) is 17.6 Å². The predicted molar refractivity (Wildman–Crippen MR) is 123 cm³/mol. The number of benzene rings is 2. The topological polar surface area (TPSA) is 69.2 Å². The van der Waals surface area contributed by atoms with Gasteiger partial charge in [-0.25, -0.2) is 8.99 Å². The van der Waals surface area contributed by atoms with Crippen molar-refractivity contribution in [1.29, 1.82) is 4.78 Å². The van der Waals surface area contributed by atoms with Crippen LogP contribution in [0.4, 0.5) is 0 Å². The quantitative estimate of drug-likeness (QED) is 0.568. The number of ether oxygens (including phenoxy) is 1. The summed E-state index contributed by atoms with van der Waals surface area (Å²) in [6, 6.07) is 12.4. The zero-order valence-corrected chi connectivity index (χ0v) is 19.0. The summed E-state index contributed by atoms with van der Waals surface area (Å²) in [4.78, 5) is 6.50. The number of aryl methyl sites for hydroxylation is 1. The SMILES string of the molecule is COc1cc(C)c2[nH]ccc2c1CN1CC[C@@H](C)C[C@H]1c1ccc([S@@](C)(=N)=O)cc1. The first-order chi connectivity index (χ1) is 14.3. The van der Waals surface area contributed by atoms with Crippen molar-refractivity contribution in [2.45, 2.75) is 44.2 Å². The van der Waals surface area contributed by atoms with E-state index in [2.05, 4.69) is 48.0 Å². The summed E-state index contributed by atoms with van der Waals surface area (Å²) in [5.74, 6) is 1.59. The van der Waals surface area contributed by atoms with E-state index in [0.717, 1.165) is 25.3 Å². The number of piperidine rings is 1. The molecule has 1 aliphatic rings. The Kier molecular flexibility index (Phi) is 5.64. The van der Waals surface area contributed by atoms with E-state index in [1.165, 1.54) is 40.3 Å². The van der Waals surface area contributed by atoms with Gasteiger partial charge in [-0.15, -0.1) is 0 Å². The minimum absolute atomic E-state index is 0.293. The highest BCUT2D eigenvalue weighted by Gasteiger charge is 2.29. The molecule has 6 heteroatoms. The lowest BCUT2D eigenvalue weighted by atomic mass is 9.87. The second-order valence-electron chi connectivity index (χ2n) is 8.67. The Morgan fingerprint density at radius 2 is 2.00 bits per heavy atom. The van der Waals surface area contributed by atoms with Crippen LogP contribution in [0.25, 0.3) is 10.9 Å². The number of rotatable bonds is 5. The molecule has 3 aromatic rings. The van der Waals surface area contributed by atoms with Gasteiger partial charge in [0.05, 0.1) is 16.8 Å². The number of nitrogens with zero attached hydrogens (tertiary/aromatic N) is 1. The molecule has 160 valence electrons. The predicted octanol–water partition coefficient (Wildman–Crippen LogP) is 5.49. The fraction of sp³-hybridized carbons (Fsp3) is 0.417. The van der Waals surface area contributed by atoms with Crippen LogP contribution >= 0.6 is 0 Å². The van der Waals surface area contributed by atoms with Gasteiger partial charge in [-0.2, -0.15) is 0 Å². The van der Waals surface area contributed by atoms with Crippen LogP contribution in [0.3, 0.4) is 0 Å². The van der Waals surface area contributed by atoms with Crippen molar-refractivity contribution in [2.24, 2.45) is 5.92 Å². The Bertz CT molecular complexity index is 1150. The van der Waals surface area contributed by atoms with Crippen molar-refractivity contribution in [2.75, 3.05) is 19.9 Å². The van der Waals surface area contributed by atoms with Crippen molar-refractivity contribution < 1.29 is 8.95 Å². The third-order valence-corrected chi connectivity index (χ3v) is 7.55. The monoisotopic (exact) mass is 425 g/mol. The first-order valence-corrected chi connectivity index (χ1v) is 12.5. The zero-order chi connectivity index (χ0) is 21.5. The highest BCUT2D eigenvalue weighted by molar-refractivity contribution is 7.91. The summed E-state index contributed by atoms with van der Waals surface area (Å²) < 4.78 is 25.7. The van der Waals surface area contributed by atoms with Crippen LogP contribution in [0.5, 0.6) is 5.75 Å². The smallest absolute Gasteiger partial charge is 0.124 e. The van der Waals surface area contributed by atoms with Crippen molar-refractivity contribution >= 4 is 20.6 Å². The molecule has 30 heavy (non-hydrogen) atoms. The molecule has 2 heterocycles. The summed E-state index contributed by atoms with van der Waals surface area (Å²) >= 11 is 0. The molecule has 1 aromatic heterocycles. The molecule has 4 rings (SSSR count). The van der Waals surface area contributed by atoms with E-state index in [-0.39, 0.29) is 0 Å². The summed E-state index contributed by atoms with van der Waals surface area (Å²) in [6.45, 7) is 6.27. The molecule has 0 aliphatic carbocycles. The molecule has 0 spiro atoms. The second-order valence-corrected chi connectivity index (χ2v) is 10.8. The molecule has 2 aromatic carbocycles. The number of H-pyrrole nitrogens is 1. The zero-order valence-electron chi connectivity index (χ0n) is 18.2. The molecule has 1 fully saturated rings. The van der Waals surface area contributed by atoms with Gasteiger partial charge < -0.3 is 9.72 Å². The van der Waals surface area contributed by atoms with E-state index in [1.54, 1.807) is 7.11 Å². The van der Waals surface area contributed by atoms with Crippen LogP contribution in [0.1, 0.15) is 42.5 Å². The Morgan fingerprint density at radius 1 is 1.27 bits per heavy atom. The highest BCUT2D eigenvalue weighted by atomic mass is 32.2. The van der Waals surface area contributed by atoms with E-state index < -0.39 is 9.73 Å². The van der Waals surface area contributed by atoms with Gasteiger partial charge in [0, 0.05) is 46.4 Å². The van der Waals surface area contributed by atoms with Crippen LogP contribution in [-0.2, 0) is 16.3 Å². The Morgan fingerprint density at radius 3 is 2.67 bits per heavy atom. The number of fused-ring (bicyclic) bond motifs is 1. The van der Waals surface area contributed by atoms with E-state index in [1.807, 2.05) is 18.3 Å². The number of aromatic amines is 1. The number of nitrogens with one attached hydrogen (secondary N) is 2. The summed E-state index contributed by atoms with van der Waals surface area (Å²) in [5.41, 5.74) is 4.81. The largest absolute Gasteiger partial charge is 0.496 e.